The van der Waals surface area contributed by atoms with E-state index < -0.39 is 0 Å². The average Bonchev–Trinajstić information content (AvgIpc) is 3.16. The number of nitrogens with zero attached hydrogens (tertiary/aromatic N) is 3. The number of rotatable bonds is 3. The molecule has 3 heterocycles. The Kier molecular flexibility index (Phi) is 5.28. The molecule has 2 saturated heterocycles. The molecule has 172 valence electrons. The first kappa shape index (κ1) is 21.8. The van der Waals surface area contributed by atoms with E-state index in [0.717, 1.165) is 36.2 Å². The Labute approximate surface area is 192 Å². The molecule has 0 aliphatic carbocycles. The van der Waals surface area contributed by atoms with Gasteiger partial charge in [-0.25, -0.2) is 0 Å². The summed E-state index contributed by atoms with van der Waals surface area (Å²) in [6.45, 7) is 19.8. The summed E-state index contributed by atoms with van der Waals surface area (Å²) in [6, 6.07) is 11.0. The van der Waals surface area contributed by atoms with Gasteiger partial charge >= 0.3 is 0 Å². The van der Waals surface area contributed by atoms with Gasteiger partial charge < -0.3 is 14.3 Å². The summed E-state index contributed by atoms with van der Waals surface area (Å²) in [4.78, 5) is 5.20. The molecule has 1 aromatic heterocycles. The molecule has 0 spiro atoms. The number of likely N-dealkylation sites (tertiary alicyclic amines) is 1. The highest BCUT2D eigenvalue weighted by Crippen LogP contribution is 2.42. The van der Waals surface area contributed by atoms with E-state index in [9.17, 15) is 0 Å². The number of fused-ring (bicyclic) bond motifs is 3. The zero-order valence-electron chi connectivity index (χ0n) is 20.7. The Hall–Kier alpha value is -2.07. The number of aromatic nitrogens is 1. The summed E-state index contributed by atoms with van der Waals surface area (Å²) < 4.78 is 6.00. The van der Waals surface area contributed by atoms with E-state index in [1.165, 1.54) is 54.3 Å². The summed E-state index contributed by atoms with van der Waals surface area (Å²) in [6.07, 6.45) is 2.69. The summed E-state index contributed by atoms with van der Waals surface area (Å²) in [5.74, 6) is 1.61. The Balaban J connectivity index is 1.33. The topological polar surface area (TPSA) is 32.5 Å². The van der Waals surface area contributed by atoms with Crippen LogP contribution in [-0.2, 0) is 5.41 Å². The number of benzene rings is 2. The van der Waals surface area contributed by atoms with Crippen molar-refractivity contribution in [1.82, 2.24) is 10.1 Å². The number of piperidine rings is 1. The quantitative estimate of drug-likeness (QED) is 0.474. The lowest BCUT2D eigenvalue weighted by Crippen LogP contribution is -2.53. The van der Waals surface area contributed by atoms with Crippen LogP contribution in [0.15, 0.2) is 34.9 Å². The van der Waals surface area contributed by atoms with Gasteiger partial charge in [0, 0.05) is 31.0 Å². The second-order valence-corrected chi connectivity index (χ2v) is 12.3. The Bertz CT molecular complexity index is 1100. The van der Waals surface area contributed by atoms with E-state index in [1.807, 2.05) is 0 Å². The first-order valence-electron chi connectivity index (χ1n) is 12.4. The zero-order chi connectivity index (χ0) is 22.7. The van der Waals surface area contributed by atoms with Crippen molar-refractivity contribution in [2.75, 3.05) is 37.6 Å². The van der Waals surface area contributed by atoms with Crippen LogP contribution in [0.1, 0.15) is 60.1 Å². The van der Waals surface area contributed by atoms with Gasteiger partial charge in [0.25, 0.3) is 0 Å². The van der Waals surface area contributed by atoms with Gasteiger partial charge in [-0.15, -0.1) is 0 Å². The van der Waals surface area contributed by atoms with Crippen molar-refractivity contribution in [3.05, 3.63) is 36.0 Å². The molecule has 5 rings (SSSR count). The summed E-state index contributed by atoms with van der Waals surface area (Å²) in [5.41, 5.74) is 3.62. The third kappa shape index (κ3) is 3.91. The van der Waals surface area contributed by atoms with Gasteiger partial charge in [-0.2, -0.15) is 0 Å². The van der Waals surface area contributed by atoms with Gasteiger partial charge in [0.2, 0.25) is 0 Å². The third-order valence-corrected chi connectivity index (χ3v) is 7.78. The summed E-state index contributed by atoms with van der Waals surface area (Å²) in [7, 11) is 0. The fraction of sp³-hybridized carbons (Fsp3) is 0.607. The molecule has 0 unspecified atom stereocenters. The maximum atomic E-state index is 6.00. The van der Waals surface area contributed by atoms with Gasteiger partial charge in [-0.05, 0) is 54.1 Å². The molecule has 2 aliphatic rings. The fourth-order valence-electron chi connectivity index (χ4n) is 5.75. The van der Waals surface area contributed by atoms with Crippen LogP contribution in [0.2, 0.25) is 0 Å². The lowest BCUT2D eigenvalue weighted by molar-refractivity contribution is 0.0966. The molecule has 4 heteroatoms. The Morgan fingerprint density at radius 1 is 1.00 bits per heavy atom. The predicted molar refractivity (Wildman–Crippen MR) is 135 cm³/mol. The van der Waals surface area contributed by atoms with Gasteiger partial charge in [0.15, 0.2) is 5.58 Å². The first-order chi connectivity index (χ1) is 15.1. The molecule has 3 aromatic rings. The molecule has 0 bridgehead atoms. The molecule has 2 aromatic carbocycles. The summed E-state index contributed by atoms with van der Waals surface area (Å²) >= 11 is 0. The smallest absolute Gasteiger partial charge is 0.191 e. The standard InChI is InChI=1S/C28H39N3O/c1-27(2,3)21-11-13-30(14-12-21)16-19-17-31(18-19)23-15-20-9-7-8-10-22(20)24-25(23)32-29-26(24)28(4,5)6/h7-10,15,19,21H,11-14,16-18H2,1-6H3. The highest BCUT2D eigenvalue weighted by molar-refractivity contribution is 6.12. The molecule has 4 nitrogen and oxygen atoms in total. The number of hydrogen-bond acceptors (Lipinski definition) is 4. The second-order valence-electron chi connectivity index (χ2n) is 12.3. The zero-order valence-corrected chi connectivity index (χ0v) is 20.7. The molecular formula is C28H39N3O. The molecule has 0 radical (unpaired) electrons. The van der Waals surface area contributed by atoms with E-state index in [2.05, 4.69) is 86.8 Å². The van der Waals surface area contributed by atoms with Crippen LogP contribution in [-0.4, -0.2) is 42.8 Å². The van der Waals surface area contributed by atoms with Crippen LogP contribution in [0.25, 0.3) is 21.7 Å². The van der Waals surface area contributed by atoms with Crippen molar-refractivity contribution in [1.29, 1.82) is 0 Å². The van der Waals surface area contributed by atoms with Crippen LogP contribution in [0.5, 0.6) is 0 Å². The predicted octanol–water partition coefficient (Wildman–Crippen LogP) is 6.47. The molecule has 0 amide bonds. The monoisotopic (exact) mass is 433 g/mol. The van der Waals surface area contributed by atoms with Crippen molar-refractivity contribution in [3.8, 4) is 0 Å². The van der Waals surface area contributed by atoms with Gasteiger partial charge in [0.1, 0.15) is 0 Å². The number of hydrogen-bond donors (Lipinski definition) is 0. The van der Waals surface area contributed by atoms with E-state index >= 15 is 0 Å². The molecule has 2 fully saturated rings. The van der Waals surface area contributed by atoms with E-state index in [0.29, 0.717) is 5.41 Å². The highest BCUT2D eigenvalue weighted by atomic mass is 16.5. The first-order valence-corrected chi connectivity index (χ1v) is 12.4. The second kappa shape index (κ2) is 7.76. The SMILES string of the molecule is CC(C)(C)c1noc2c(N3CC(CN4CCC(C(C)(C)C)CC4)C3)cc3ccccc3c12. The lowest BCUT2D eigenvalue weighted by atomic mass is 9.75. The Morgan fingerprint density at radius 2 is 1.69 bits per heavy atom. The molecule has 0 saturated carbocycles. The maximum absolute atomic E-state index is 6.00. The van der Waals surface area contributed by atoms with E-state index in [1.54, 1.807) is 0 Å². The van der Waals surface area contributed by atoms with Crippen molar-refractivity contribution in [3.63, 3.8) is 0 Å². The van der Waals surface area contributed by atoms with E-state index in [4.69, 9.17) is 4.52 Å². The highest BCUT2D eigenvalue weighted by Gasteiger charge is 2.35. The van der Waals surface area contributed by atoms with Crippen LogP contribution >= 0.6 is 0 Å². The lowest BCUT2D eigenvalue weighted by Gasteiger charge is -2.45. The minimum absolute atomic E-state index is 0.0523. The largest absolute Gasteiger partial charge is 0.368 e. The average molecular weight is 434 g/mol. The maximum Gasteiger partial charge on any atom is 0.191 e. The molecular weight excluding hydrogens is 394 g/mol. The third-order valence-electron chi connectivity index (χ3n) is 7.78. The van der Waals surface area contributed by atoms with Crippen LogP contribution < -0.4 is 4.90 Å². The molecule has 0 atom stereocenters. The van der Waals surface area contributed by atoms with Gasteiger partial charge in [-0.1, -0.05) is 71.0 Å². The Morgan fingerprint density at radius 3 is 2.34 bits per heavy atom. The van der Waals surface area contributed by atoms with Gasteiger partial charge in [0.05, 0.1) is 16.8 Å². The summed E-state index contributed by atoms with van der Waals surface area (Å²) in [5, 5.41) is 8.26. The fourth-order valence-corrected chi connectivity index (χ4v) is 5.75. The van der Waals surface area contributed by atoms with Crippen LogP contribution in [0.4, 0.5) is 5.69 Å². The minimum Gasteiger partial charge on any atom is -0.368 e. The minimum atomic E-state index is -0.0523. The van der Waals surface area contributed by atoms with Crippen molar-refractivity contribution < 1.29 is 4.52 Å². The van der Waals surface area contributed by atoms with Crippen LogP contribution in [0, 0.1) is 17.3 Å². The van der Waals surface area contributed by atoms with Crippen molar-refractivity contribution >= 4 is 27.4 Å². The van der Waals surface area contributed by atoms with Crippen molar-refractivity contribution in [2.24, 2.45) is 17.3 Å². The molecule has 2 aliphatic heterocycles. The van der Waals surface area contributed by atoms with Gasteiger partial charge in [-0.3, -0.25) is 0 Å². The van der Waals surface area contributed by atoms with Crippen LogP contribution in [0.3, 0.4) is 0 Å². The normalized spacial score (nSPS) is 19.8. The molecule has 0 N–H and O–H groups in total. The number of anilines is 1. The van der Waals surface area contributed by atoms with E-state index in [-0.39, 0.29) is 5.41 Å². The molecule has 32 heavy (non-hydrogen) atoms. The van der Waals surface area contributed by atoms with Crippen molar-refractivity contribution in [2.45, 2.75) is 59.8 Å².